The van der Waals surface area contributed by atoms with Gasteiger partial charge in [-0.25, -0.2) is 4.79 Å². The summed E-state index contributed by atoms with van der Waals surface area (Å²) >= 11 is 3.32. The highest BCUT2D eigenvalue weighted by Gasteiger charge is 2.60. The number of fused-ring (bicyclic) bond motifs is 5. The van der Waals surface area contributed by atoms with E-state index in [4.69, 9.17) is 4.74 Å². The highest BCUT2D eigenvalue weighted by Crippen LogP contribution is 2.55. The van der Waals surface area contributed by atoms with Gasteiger partial charge in [-0.15, -0.1) is 0 Å². The number of carbonyl (C=O) groups excluding carboxylic acids is 4. The van der Waals surface area contributed by atoms with Crippen LogP contribution in [0.25, 0.3) is 0 Å². The lowest BCUT2D eigenvalue weighted by molar-refractivity contribution is -0.123. The number of esters is 1. The Bertz CT molecular complexity index is 1190. The average Bonchev–Trinajstić information content (AvgIpc) is 3.44. The van der Waals surface area contributed by atoms with Crippen molar-refractivity contribution in [2.75, 3.05) is 16.8 Å². The third kappa shape index (κ3) is 3.78. The molecule has 33 heavy (non-hydrogen) atoms. The molecule has 3 aliphatic rings. The zero-order chi connectivity index (χ0) is 23.3. The summed E-state index contributed by atoms with van der Waals surface area (Å²) in [5.74, 6) is -1.71. The summed E-state index contributed by atoms with van der Waals surface area (Å²) < 4.78 is 5.97. The summed E-state index contributed by atoms with van der Waals surface area (Å²) in [6.45, 7) is 1.60. The fraction of sp³-hybridized carbons (Fsp3) is 0.280. The fourth-order valence-corrected chi connectivity index (χ4v) is 5.48. The van der Waals surface area contributed by atoms with Crippen molar-refractivity contribution in [1.29, 1.82) is 0 Å². The van der Waals surface area contributed by atoms with Gasteiger partial charge < -0.3 is 10.1 Å². The molecule has 1 aliphatic heterocycles. The minimum atomic E-state index is -0.665. The maximum absolute atomic E-state index is 13.0. The second kappa shape index (κ2) is 8.26. The second-order valence-electron chi connectivity index (χ2n) is 8.66. The normalized spacial score (nSPS) is 25.2. The first kappa shape index (κ1) is 21.6. The van der Waals surface area contributed by atoms with Crippen molar-refractivity contribution in [2.45, 2.75) is 13.3 Å². The molecular weight excluding hydrogens is 488 g/mol. The maximum Gasteiger partial charge on any atom is 0.338 e. The molecule has 0 radical (unpaired) electrons. The molecule has 5 rings (SSSR count). The largest absolute Gasteiger partial charge is 0.452 e. The number of benzene rings is 2. The van der Waals surface area contributed by atoms with Crippen LogP contribution in [-0.2, 0) is 19.1 Å². The number of ether oxygens (including phenoxy) is 1. The molecule has 8 heteroatoms. The fourth-order valence-electron chi connectivity index (χ4n) is 5.22. The lowest BCUT2D eigenvalue weighted by atomic mass is 9.82. The van der Waals surface area contributed by atoms with Crippen LogP contribution in [0, 0.1) is 23.7 Å². The number of carbonyl (C=O) groups is 4. The van der Waals surface area contributed by atoms with Gasteiger partial charge in [0.1, 0.15) is 0 Å². The summed E-state index contributed by atoms with van der Waals surface area (Å²) in [7, 11) is 0. The van der Waals surface area contributed by atoms with Gasteiger partial charge in [-0.3, -0.25) is 19.3 Å². The van der Waals surface area contributed by atoms with Gasteiger partial charge in [-0.2, -0.15) is 0 Å². The average molecular weight is 509 g/mol. The molecule has 2 fully saturated rings. The Hall–Kier alpha value is -3.26. The number of nitrogens with one attached hydrogen (secondary N) is 1. The van der Waals surface area contributed by atoms with Gasteiger partial charge in [0, 0.05) is 10.2 Å². The highest BCUT2D eigenvalue weighted by atomic mass is 79.9. The smallest absolute Gasteiger partial charge is 0.338 e. The van der Waals surface area contributed by atoms with Crippen LogP contribution in [0.15, 0.2) is 64.7 Å². The molecule has 168 valence electrons. The second-order valence-corrected chi connectivity index (χ2v) is 9.57. The van der Waals surface area contributed by atoms with Crippen molar-refractivity contribution < 1.29 is 23.9 Å². The monoisotopic (exact) mass is 508 g/mol. The van der Waals surface area contributed by atoms with E-state index in [0.717, 1.165) is 10.9 Å². The zero-order valence-electron chi connectivity index (χ0n) is 17.8. The van der Waals surface area contributed by atoms with E-state index in [1.807, 2.05) is 6.92 Å². The predicted molar refractivity (Wildman–Crippen MR) is 124 cm³/mol. The van der Waals surface area contributed by atoms with E-state index in [-0.39, 0.29) is 41.0 Å². The number of hydrogen-bond donors (Lipinski definition) is 1. The van der Waals surface area contributed by atoms with Gasteiger partial charge in [0.05, 0.1) is 23.1 Å². The molecule has 0 aromatic heterocycles. The van der Waals surface area contributed by atoms with Crippen molar-refractivity contribution in [2.24, 2.45) is 23.7 Å². The standard InChI is InChI=1S/C25H21BrN2O5/c1-13-10-15-11-19(13)22-21(15)23(30)28(24(22)31)18-8-2-14(3-9-18)25(32)33-12-20(29)27-17-6-4-16(26)5-7-17/h2-10,15,19,21-22H,11-12H2,1H3,(H,27,29)/t15-,19+,21+,22-/m0/s1. The molecule has 2 bridgehead atoms. The van der Waals surface area contributed by atoms with E-state index in [1.165, 1.54) is 22.6 Å². The number of hydrogen-bond acceptors (Lipinski definition) is 5. The zero-order valence-corrected chi connectivity index (χ0v) is 19.4. The Kier molecular flexibility index (Phi) is 5.40. The molecule has 2 aliphatic carbocycles. The van der Waals surface area contributed by atoms with Crippen molar-refractivity contribution in [3.05, 3.63) is 70.2 Å². The quantitative estimate of drug-likeness (QED) is 0.375. The summed E-state index contributed by atoms with van der Waals surface area (Å²) in [4.78, 5) is 51.6. The molecule has 2 aromatic carbocycles. The number of rotatable bonds is 5. The molecule has 1 saturated heterocycles. The van der Waals surface area contributed by atoms with E-state index < -0.39 is 18.5 Å². The maximum atomic E-state index is 13.0. The Morgan fingerprint density at radius 2 is 1.70 bits per heavy atom. The van der Waals surface area contributed by atoms with E-state index in [2.05, 4.69) is 27.3 Å². The van der Waals surface area contributed by atoms with Crippen molar-refractivity contribution in [1.82, 2.24) is 0 Å². The van der Waals surface area contributed by atoms with Gasteiger partial charge >= 0.3 is 5.97 Å². The number of nitrogens with zero attached hydrogens (tertiary/aromatic N) is 1. The summed E-state index contributed by atoms with van der Waals surface area (Å²) in [6, 6.07) is 13.1. The number of allylic oxidation sites excluding steroid dienone is 2. The summed E-state index contributed by atoms with van der Waals surface area (Å²) in [5.41, 5.74) is 2.46. The van der Waals surface area contributed by atoms with Crippen molar-refractivity contribution in [3.63, 3.8) is 0 Å². The topological polar surface area (TPSA) is 92.8 Å². The van der Waals surface area contributed by atoms with Gasteiger partial charge in [0.2, 0.25) is 11.8 Å². The van der Waals surface area contributed by atoms with Crippen LogP contribution < -0.4 is 10.2 Å². The molecule has 1 heterocycles. The van der Waals surface area contributed by atoms with E-state index in [1.54, 1.807) is 36.4 Å². The Balaban J connectivity index is 1.21. The molecule has 2 aromatic rings. The van der Waals surface area contributed by atoms with E-state index in [9.17, 15) is 19.2 Å². The van der Waals surface area contributed by atoms with Crippen LogP contribution in [0.4, 0.5) is 11.4 Å². The van der Waals surface area contributed by atoms with Crippen LogP contribution >= 0.6 is 15.9 Å². The Morgan fingerprint density at radius 1 is 1.03 bits per heavy atom. The number of halogens is 1. The molecule has 4 atom stereocenters. The van der Waals surface area contributed by atoms with Crippen LogP contribution in [-0.4, -0.2) is 30.3 Å². The lowest BCUT2D eigenvalue weighted by Gasteiger charge is -2.19. The van der Waals surface area contributed by atoms with E-state index in [0.29, 0.717) is 11.4 Å². The molecule has 1 saturated carbocycles. The summed E-state index contributed by atoms with van der Waals surface area (Å²) in [6.07, 6.45) is 3.01. The molecule has 1 N–H and O–H groups in total. The number of anilines is 2. The first-order valence-electron chi connectivity index (χ1n) is 10.7. The van der Waals surface area contributed by atoms with E-state index >= 15 is 0 Å². The Labute approximate surface area is 198 Å². The first-order chi connectivity index (χ1) is 15.8. The van der Waals surface area contributed by atoms with Gasteiger partial charge in [0.15, 0.2) is 6.61 Å². The third-order valence-electron chi connectivity index (χ3n) is 6.70. The predicted octanol–water partition coefficient (Wildman–Crippen LogP) is 3.95. The van der Waals surface area contributed by atoms with Crippen LogP contribution in [0.1, 0.15) is 23.7 Å². The molecular formula is C25H21BrN2O5. The molecule has 7 nitrogen and oxygen atoms in total. The van der Waals surface area contributed by atoms with Crippen LogP contribution in [0.5, 0.6) is 0 Å². The van der Waals surface area contributed by atoms with Gasteiger partial charge in [0.25, 0.3) is 5.91 Å². The van der Waals surface area contributed by atoms with Crippen molar-refractivity contribution in [3.8, 4) is 0 Å². The number of amides is 3. The van der Waals surface area contributed by atoms with Crippen molar-refractivity contribution >= 4 is 51.0 Å². The summed E-state index contributed by atoms with van der Waals surface area (Å²) in [5, 5.41) is 2.64. The third-order valence-corrected chi connectivity index (χ3v) is 7.23. The minimum absolute atomic E-state index is 0.138. The molecule has 3 amide bonds. The van der Waals surface area contributed by atoms with Gasteiger partial charge in [-0.05, 0) is 73.7 Å². The minimum Gasteiger partial charge on any atom is -0.452 e. The first-order valence-corrected chi connectivity index (χ1v) is 11.5. The lowest BCUT2D eigenvalue weighted by Crippen LogP contribution is -2.33. The Morgan fingerprint density at radius 3 is 2.39 bits per heavy atom. The van der Waals surface area contributed by atoms with Gasteiger partial charge in [-0.1, -0.05) is 27.6 Å². The number of imide groups is 1. The highest BCUT2D eigenvalue weighted by molar-refractivity contribution is 9.10. The molecule has 0 unspecified atom stereocenters. The molecule has 0 spiro atoms. The van der Waals surface area contributed by atoms with Crippen LogP contribution in [0.3, 0.4) is 0 Å². The SMILES string of the molecule is CC1=C[C@H]2C[C@H]1[C@@H]1C(=O)N(c3ccc(C(=O)OCC(=O)Nc4ccc(Br)cc4)cc3)C(=O)[C@@H]12. The van der Waals surface area contributed by atoms with Crippen LogP contribution in [0.2, 0.25) is 0 Å².